The molecule has 0 bridgehead atoms. The summed E-state index contributed by atoms with van der Waals surface area (Å²) in [6.07, 6.45) is 5.21. The molecule has 4 heteroatoms. The highest BCUT2D eigenvalue weighted by Gasteiger charge is 2.05. The first-order chi connectivity index (χ1) is 7.83. The van der Waals surface area contributed by atoms with Crippen molar-refractivity contribution in [2.45, 2.75) is 0 Å². The van der Waals surface area contributed by atoms with E-state index < -0.39 is 0 Å². The molecule has 0 unspecified atom stereocenters. The minimum absolute atomic E-state index is 0.157. The quantitative estimate of drug-likeness (QED) is 0.642. The van der Waals surface area contributed by atoms with Gasteiger partial charge in [0.2, 0.25) is 0 Å². The van der Waals surface area contributed by atoms with E-state index >= 15 is 0 Å². The molecule has 0 amide bonds. The molecule has 1 aromatic carbocycles. The molecule has 3 nitrogen and oxygen atoms in total. The van der Waals surface area contributed by atoms with Crippen LogP contribution in [-0.2, 0) is 0 Å². The zero-order valence-corrected chi connectivity index (χ0v) is 8.98. The Hall–Kier alpha value is -1.87. The topological polar surface area (TPSA) is 38.9 Å². The van der Waals surface area contributed by atoms with E-state index in [9.17, 15) is 0 Å². The molecule has 0 fully saturated rings. The minimum Gasteiger partial charge on any atom is -0.428 e. The number of fused-ring (bicyclic) bond motifs is 1. The Balaban J connectivity index is 2.18. The fraction of sp³-hybridized carbons (Fsp3) is 0. The van der Waals surface area contributed by atoms with Crippen LogP contribution < -0.4 is 0 Å². The van der Waals surface area contributed by atoms with Crippen molar-refractivity contribution < 1.29 is 4.42 Å². The Kier molecular flexibility index (Phi) is 2.11. The summed E-state index contributed by atoms with van der Waals surface area (Å²) >= 11 is 5.64. The second-order valence-corrected chi connectivity index (χ2v) is 3.74. The van der Waals surface area contributed by atoms with E-state index in [1.165, 1.54) is 0 Å². The lowest BCUT2D eigenvalue weighted by atomic mass is 10.1. The van der Waals surface area contributed by atoms with Crippen molar-refractivity contribution in [1.82, 2.24) is 9.97 Å². The van der Waals surface area contributed by atoms with E-state index in [2.05, 4.69) is 9.97 Å². The Labute approximate surface area is 96.7 Å². The molecular formula is C12H7ClN2O. The van der Waals surface area contributed by atoms with Crippen molar-refractivity contribution in [3.8, 4) is 11.3 Å². The smallest absolute Gasteiger partial charge is 0.292 e. The predicted molar refractivity (Wildman–Crippen MR) is 62.3 cm³/mol. The van der Waals surface area contributed by atoms with Gasteiger partial charge in [-0.2, -0.15) is 0 Å². The highest BCUT2D eigenvalue weighted by atomic mass is 35.5. The molecule has 16 heavy (non-hydrogen) atoms. The molecule has 2 aromatic heterocycles. The van der Waals surface area contributed by atoms with Crippen LogP contribution in [0.3, 0.4) is 0 Å². The van der Waals surface area contributed by atoms with Crippen LogP contribution in [0.5, 0.6) is 0 Å². The molecule has 0 radical (unpaired) electrons. The van der Waals surface area contributed by atoms with Crippen molar-refractivity contribution in [2.75, 3.05) is 0 Å². The Morgan fingerprint density at radius 1 is 1.06 bits per heavy atom. The van der Waals surface area contributed by atoms with Crippen LogP contribution in [0.2, 0.25) is 5.35 Å². The fourth-order valence-electron chi connectivity index (χ4n) is 1.62. The minimum atomic E-state index is 0.157. The van der Waals surface area contributed by atoms with Crippen LogP contribution in [-0.4, -0.2) is 9.97 Å². The summed E-state index contributed by atoms with van der Waals surface area (Å²) in [5.74, 6) is 0.670. The summed E-state index contributed by atoms with van der Waals surface area (Å²) in [7, 11) is 0. The number of pyridine rings is 1. The van der Waals surface area contributed by atoms with Gasteiger partial charge in [0.1, 0.15) is 0 Å². The number of nitrogens with zero attached hydrogens (tertiary/aromatic N) is 2. The van der Waals surface area contributed by atoms with Gasteiger partial charge in [-0.3, -0.25) is 4.98 Å². The number of aromatic nitrogens is 2. The summed E-state index contributed by atoms with van der Waals surface area (Å²) in [5.41, 5.74) is 0.957. The Morgan fingerprint density at radius 3 is 2.81 bits per heavy atom. The molecule has 0 aliphatic rings. The number of hydrogen-bond donors (Lipinski definition) is 0. The van der Waals surface area contributed by atoms with E-state index in [1.54, 1.807) is 12.4 Å². The maximum atomic E-state index is 5.64. The van der Waals surface area contributed by atoms with Gasteiger partial charge in [0.15, 0.2) is 5.76 Å². The number of rotatable bonds is 1. The van der Waals surface area contributed by atoms with Crippen LogP contribution in [0.25, 0.3) is 22.1 Å². The lowest BCUT2D eigenvalue weighted by molar-refractivity contribution is 0.574. The van der Waals surface area contributed by atoms with Gasteiger partial charge in [-0.15, -0.1) is 0 Å². The summed E-state index contributed by atoms with van der Waals surface area (Å²) in [6.45, 7) is 0. The lowest BCUT2D eigenvalue weighted by Gasteiger charge is -1.99. The second-order valence-electron chi connectivity index (χ2n) is 3.42. The Morgan fingerprint density at radius 2 is 2.00 bits per heavy atom. The molecule has 3 aromatic rings. The summed E-state index contributed by atoms with van der Waals surface area (Å²) in [6, 6.07) is 7.93. The van der Waals surface area contributed by atoms with Crippen LogP contribution in [0.4, 0.5) is 0 Å². The SMILES string of the molecule is Clc1ncc(-c2ccc3cnccc3c2)o1. The molecule has 0 saturated heterocycles. The van der Waals surface area contributed by atoms with Gasteiger partial charge in [-0.25, -0.2) is 4.98 Å². The highest BCUT2D eigenvalue weighted by Crippen LogP contribution is 2.25. The van der Waals surface area contributed by atoms with Crippen molar-refractivity contribution in [3.63, 3.8) is 0 Å². The molecule has 78 valence electrons. The standard InChI is InChI=1S/C12H7ClN2O/c13-12-15-7-11(16-12)9-1-2-10-6-14-4-3-8(10)5-9/h1-7H. The first-order valence-electron chi connectivity index (χ1n) is 4.78. The van der Waals surface area contributed by atoms with E-state index in [0.29, 0.717) is 5.76 Å². The van der Waals surface area contributed by atoms with Gasteiger partial charge < -0.3 is 4.42 Å². The third-order valence-electron chi connectivity index (χ3n) is 2.40. The predicted octanol–water partition coefficient (Wildman–Crippen LogP) is 3.54. The van der Waals surface area contributed by atoms with Crippen molar-refractivity contribution >= 4 is 22.4 Å². The van der Waals surface area contributed by atoms with Gasteiger partial charge >= 0.3 is 0 Å². The normalized spacial score (nSPS) is 10.8. The van der Waals surface area contributed by atoms with Crippen LogP contribution >= 0.6 is 11.6 Å². The van der Waals surface area contributed by atoms with E-state index in [1.807, 2.05) is 30.5 Å². The molecule has 0 atom stereocenters. The summed E-state index contributed by atoms with van der Waals surface area (Å²) in [5, 5.41) is 2.36. The first kappa shape index (κ1) is 9.36. The molecule has 0 spiro atoms. The molecule has 0 saturated carbocycles. The maximum Gasteiger partial charge on any atom is 0.292 e. The zero-order chi connectivity index (χ0) is 11.0. The zero-order valence-electron chi connectivity index (χ0n) is 8.22. The summed E-state index contributed by atoms with van der Waals surface area (Å²) in [4.78, 5) is 7.92. The molecule has 2 heterocycles. The number of halogens is 1. The Bertz CT molecular complexity index is 648. The van der Waals surface area contributed by atoms with Crippen LogP contribution in [0.1, 0.15) is 0 Å². The summed E-state index contributed by atoms with van der Waals surface area (Å²) < 4.78 is 5.26. The monoisotopic (exact) mass is 230 g/mol. The highest BCUT2D eigenvalue weighted by molar-refractivity contribution is 6.27. The van der Waals surface area contributed by atoms with Crippen molar-refractivity contribution in [3.05, 3.63) is 48.2 Å². The van der Waals surface area contributed by atoms with Gasteiger partial charge in [0.05, 0.1) is 6.20 Å². The van der Waals surface area contributed by atoms with Gasteiger partial charge in [-0.1, -0.05) is 12.1 Å². The van der Waals surface area contributed by atoms with E-state index in [4.69, 9.17) is 16.0 Å². The molecule has 0 aliphatic carbocycles. The number of oxazole rings is 1. The molecule has 3 rings (SSSR count). The van der Waals surface area contributed by atoms with Crippen molar-refractivity contribution in [2.24, 2.45) is 0 Å². The largest absolute Gasteiger partial charge is 0.428 e. The van der Waals surface area contributed by atoms with Crippen LogP contribution in [0.15, 0.2) is 47.3 Å². The average Bonchev–Trinajstić information content (AvgIpc) is 2.75. The van der Waals surface area contributed by atoms with Crippen LogP contribution in [0, 0.1) is 0 Å². The third-order valence-corrected chi connectivity index (χ3v) is 2.58. The molecular weight excluding hydrogens is 224 g/mol. The van der Waals surface area contributed by atoms with E-state index in [-0.39, 0.29) is 5.35 Å². The fourth-order valence-corrected chi connectivity index (χ4v) is 1.75. The van der Waals surface area contributed by atoms with Crippen molar-refractivity contribution in [1.29, 1.82) is 0 Å². The maximum absolute atomic E-state index is 5.64. The first-order valence-corrected chi connectivity index (χ1v) is 5.16. The van der Waals surface area contributed by atoms with E-state index in [0.717, 1.165) is 16.3 Å². The van der Waals surface area contributed by atoms with Gasteiger partial charge in [0, 0.05) is 23.3 Å². The molecule has 0 aliphatic heterocycles. The molecule has 0 N–H and O–H groups in total. The average molecular weight is 231 g/mol. The third kappa shape index (κ3) is 1.55. The second kappa shape index (κ2) is 3.61. The number of benzene rings is 1. The van der Waals surface area contributed by atoms with Gasteiger partial charge in [0.25, 0.3) is 5.35 Å². The van der Waals surface area contributed by atoms with Gasteiger partial charge in [-0.05, 0) is 29.1 Å². The lowest BCUT2D eigenvalue weighted by Crippen LogP contribution is -1.77. The number of hydrogen-bond acceptors (Lipinski definition) is 3.